The number of hydrogen-bond donors (Lipinski definition) is 2. The van der Waals surface area contributed by atoms with Crippen molar-refractivity contribution >= 4 is 17.9 Å². The van der Waals surface area contributed by atoms with E-state index < -0.39 is 0 Å². The molecular weight excluding hydrogens is 360 g/mol. The lowest BCUT2D eigenvalue weighted by molar-refractivity contribution is -0.121. The van der Waals surface area contributed by atoms with Crippen molar-refractivity contribution in [3.63, 3.8) is 0 Å². The first-order valence-corrected chi connectivity index (χ1v) is 8.89. The maximum atomic E-state index is 11.9. The fourth-order valence-corrected chi connectivity index (χ4v) is 2.59. The lowest BCUT2D eigenvalue weighted by atomic mass is 10.2. The van der Waals surface area contributed by atoms with Crippen LogP contribution in [0.15, 0.2) is 48.5 Å². The normalized spacial score (nSPS) is 12.0. The van der Waals surface area contributed by atoms with Gasteiger partial charge in [-0.25, -0.2) is 0 Å². The van der Waals surface area contributed by atoms with Crippen molar-refractivity contribution in [2.45, 2.75) is 13.0 Å². The van der Waals surface area contributed by atoms with E-state index in [1.807, 2.05) is 42.5 Å². The number of benzene rings is 2. The van der Waals surface area contributed by atoms with Gasteiger partial charge in [0.1, 0.15) is 5.75 Å². The van der Waals surface area contributed by atoms with Crippen LogP contribution in [0.4, 0.5) is 0 Å². The highest BCUT2D eigenvalue weighted by Crippen LogP contribution is 2.32. The molecule has 2 amide bonds. The Morgan fingerprint density at radius 3 is 2.64 bits per heavy atom. The Labute approximate surface area is 163 Å². The molecule has 0 saturated carbocycles. The van der Waals surface area contributed by atoms with Crippen molar-refractivity contribution in [2.75, 3.05) is 20.4 Å². The van der Waals surface area contributed by atoms with E-state index in [1.165, 1.54) is 6.08 Å². The number of nitrogens with one attached hydrogen (secondary N) is 2. The first-order chi connectivity index (χ1) is 13.6. The molecule has 0 spiro atoms. The van der Waals surface area contributed by atoms with Crippen LogP contribution >= 0.6 is 0 Å². The largest absolute Gasteiger partial charge is 0.497 e. The fraction of sp³-hybridized carbons (Fsp3) is 0.238. The molecule has 1 aliphatic rings. The molecule has 0 atom stereocenters. The van der Waals surface area contributed by atoms with E-state index >= 15 is 0 Å². The number of hydrogen-bond acceptors (Lipinski definition) is 5. The van der Waals surface area contributed by atoms with Crippen LogP contribution < -0.4 is 24.8 Å². The topological polar surface area (TPSA) is 85.9 Å². The third kappa shape index (κ3) is 5.51. The van der Waals surface area contributed by atoms with Crippen LogP contribution in [0.5, 0.6) is 17.2 Å². The van der Waals surface area contributed by atoms with Crippen LogP contribution in [0.1, 0.15) is 17.5 Å². The first-order valence-electron chi connectivity index (χ1n) is 8.89. The smallest absolute Gasteiger partial charge is 0.244 e. The van der Waals surface area contributed by atoms with E-state index in [0.717, 1.165) is 16.9 Å². The molecule has 3 rings (SSSR count). The number of fused-ring (bicyclic) bond motifs is 1. The molecule has 7 nitrogen and oxygen atoms in total. The van der Waals surface area contributed by atoms with Crippen molar-refractivity contribution in [3.8, 4) is 17.2 Å². The lowest BCUT2D eigenvalue weighted by Gasteiger charge is -2.07. The number of carbonyl (C=O) groups excluding carboxylic acids is 2. The molecule has 0 aromatic heterocycles. The van der Waals surface area contributed by atoms with Gasteiger partial charge in [-0.3, -0.25) is 9.59 Å². The van der Waals surface area contributed by atoms with Gasteiger partial charge < -0.3 is 24.8 Å². The van der Waals surface area contributed by atoms with Crippen LogP contribution in [0, 0.1) is 0 Å². The van der Waals surface area contributed by atoms with Gasteiger partial charge in [-0.2, -0.15) is 0 Å². The van der Waals surface area contributed by atoms with Gasteiger partial charge >= 0.3 is 0 Å². The van der Waals surface area contributed by atoms with Crippen LogP contribution in [0.25, 0.3) is 6.08 Å². The number of amides is 2. The summed E-state index contributed by atoms with van der Waals surface area (Å²) in [7, 11) is 1.60. The van der Waals surface area contributed by atoms with Crippen LogP contribution in [-0.4, -0.2) is 32.3 Å². The molecule has 28 heavy (non-hydrogen) atoms. The summed E-state index contributed by atoms with van der Waals surface area (Å²) >= 11 is 0. The molecular formula is C21H22N2O5. The maximum absolute atomic E-state index is 11.9. The predicted octanol–water partition coefficient (Wildman–Crippen LogP) is 2.26. The van der Waals surface area contributed by atoms with Gasteiger partial charge in [0.2, 0.25) is 18.6 Å². The highest BCUT2D eigenvalue weighted by molar-refractivity contribution is 5.92. The Bertz CT molecular complexity index is 862. The number of ether oxygens (including phenoxy) is 3. The van der Waals surface area contributed by atoms with E-state index in [2.05, 4.69) is 10.6 Å². The summed E-state index contributed by atoms with van der Waals surface area (Å²) in [4.78, 5) is 23.8. The molecule has 7 heteroatoms. The second-order valence-electron chi connectivity index (χ2n) is 6.11. The van der Waals surface area contributed by atoms with Crippen molar-refractivity contribution in [1.29, 1.82) is 0 Å². The van der Waals surface area contributed by atoms with Gasteiger partial charge in [-0.05, 0) is 41.5 Å². The Hall–Kier alpha value is -3.48. The van der Waals surface area contributed by atoms with E-state index in [9.17, 15) is 9.59 Å². The number of methoxy groups -OCH3 is 1. The molecule has 2 aromatic rings. The minimum Gasteiger partial charge on any atom is -0.497 e. The van der Waals surface area contributed by atoms with Crippen molar-refractivity contribution < 1.29 is 23.8 Å². The fourth-order valence-electron chi connectivity index (χ4n) is 2.59. The zero-order valence-corrected chi connectivity index (χ0v) is 15.6. The Balaban J connectivity index is 1.35. The maximum Gasteiger partial charge on any atom is 0.244 e. The number of rotatable bonds is 8. The molecule has 2 aromatic carbocycles. The van der Waals surface area contributed by atoms with Crippen molar-refractivity contribution in [1.82, 2.24) is 10.6 Å². The van der Waals surface area contributed by atoms with Gasteiger partial charge in [0.05, 0.1) is 7.11 Å². The molecule has 0 bridgehead atoms. The van der Waals surface area contributed by atoms with Crippen LogP contribution in [0.3, 0.4) is 0 Å². The SMILES string of the molecule is COc1ccc(/C=C/C(=O)NCCC(=O)NCc2ccc3c(c2)OCO3)cc1. The summed E-state index contributed by atoms with van der Waals surface area (Å²) in [5.74, 6) is 1.76. The molecule has 0 fully saturated rings. The summed E-state index contributed by atoms with van der Waals surface area (Å²) in [5.41, 5.74) is 1.81. The predicted molar refractivity (Wildman–Crippen MR) is 104 cm³/mol. The summed E-state index contributed by atoms with van der Waals surface area (Å²) < 4.78 is 15.6. The minimum atomic E-state index is -0.251. The van der Waals surface area contributed by atoms with Crippen LogP contribution in [0.2, 0.25) is 0 Å². The Morgan fingerprint density at radius 2 is 1.86 bits per heavy atom. The third-order valence-corrected chi connectivity index (χ3v) is 4.12. The third-order valence-electron chi connectivity index (χ3n) is 4.12. The summed E-state index contributed by atoms with van der Waals surface area (Å²) in [6.45, 7) is 0.872. The summed E-state index contributed by atoms with van der Waals surface area (Å²) in [5, 5.41) is 5.51. The van der Waals surface area contributed by atoms with Gasteiger partial charge in [0.15, 0.2) is 11.5 Å². The minimum absolute atomic E-state index is 0.142. The molecule has 0 aliphatic carbocycles. The van der Waals surface area contributed by atoms with Gasteiger partial charge in [-0.1, -0.05) is 18.2 Å². The quantitative estimate of drug-likeness (QED) is 0.684. The Kier molecular flexibility index (Phi) is 6.51. The first kappa shape index (κ1) is 19.3. The second kappa shape index (κ2) is 9.45. The van der Waals surface area contributed by atoms with E-state index in [0.29, 0.717) is 18.0 Å². The van der Waals surface area contributed by atoms with Crippen molar-refractivity contribution in [2.24, 2.45) is 0 Å². The monoisotopic (exact) mass is 382 g/mol. The molecule has 0 unspecified atom stereocenters. The van der Waals surface area contributed by atoms with E-state index in [4.69, 9.17) is 14.2 Å². The lowest BCUT2D eigenvalue weighted by Crippen LogP contribution is -2.29. The second-order valence-corrected chi connectivity index (χ2v) is 6.11. The molecule has 0 saturated heterocycles. The zero-order chi connectivity index (χ0) is 19.8. The summed E-state index contributed by atoms with van der Waals surface area (Å²) in [6.07, 6.45) is 3.34. The van der Waals surface area contributed by atoms with Crippen molar-refractivity contribution in [3.05, 3.63) is 59.7 Å². The van der Waals surface area contributed by atoms with Gasteiger partial charge in [-0.15, -0.1) is 0 Å². The average molecular weight is 382 g/mol. The Morgan fingerprint density at radius 1 is 1.07 bits per heavy atom. The van der Waals surface area contributed by atoms with Crippen LogP contribution in [-0.2, 0) is 16.1 Å². The standard InChI is InChI=1S/C21H22N2O5/c1-26-17-6-2-15(3-7-17)5-9-20(24)22-11-10-21(25)23-13-16-4-8-18-19(12-16)28-14-27-18/h2-9,12H,10-11,13-14H2,1H3,(H,22,24)(H,23,25)/b9-5+. The molecule has 146 valence electrons. The van der Waals surface area contributed by atoms with E-state index in [-0.39, 0.29) is 31.6 Å². The highest BCUT2D eigenvalue weighted by Gasteiger charge is 2.13. The molecule has 2 N–H and O–H groups in total. The number of carbonyl (C=O) groups is 2. The van der Waals surface area contributed by atoms with E-state index in [1.54, 1.807) is 13.2 Å². The van der Waals surface area contributed by atoms with Gasteiger partial charge in [0.25, 0.3) is 0 Å². The zero-order valence-electron chi connectivity index (χ0n) is 15.6. The molecule has 1 heterocycles. The highest BCUT2D eigenvalue weighted by atomic mass is 16.7. The average Bonchev–Trinajstić information content (AvgIpc) is 3.19. The molecule has 0 radical (unpaired) electrons. The summed E-state index contributed by atoms with van der Waals surface area (Å²) in [6, 6.07) is 12.9. The van der Waals surface area contributed by atoms with Gasteiger partial charge in [0, 0.05) is 25.6 Å². The molecule has 1 aliphatic heterocycles.